The first-order chi connectivity index (χ1) is 10.9. The molecule has 0 spiro atoms. The van der Waals surface area contributed by atoms with E-state index in [1.54, 1.807) is 0 Å². The third-order valence-electron chi connectivity index (χ3n) is 4.41. The first kappa shape index (κ1) is 17.8. The van der Waals surface area contributed by atoms with E-state index in [2.05, 4.69) is 25.2 Å². The molecule has 1 fully saturated rings. The summed E-state index contributed by atoms with van der Waals surface area (Å²) in [5.74, 6) is -0.503. The van der Waals surface area contributed by atoms with Gasteiger partial charge in [-0.3, -0.25) is 0 Å². The van der Waals surface area contributed by atoms with Gasteiger partial charge in [0.15, 0.2) is 0 Å². The van der Waals surface area contributed by atoms with E-state index in [1.807, 2.05) is 6.08 Å². The average Bonchev–Trinajstić information content (AvgIpc) is 2.51. The molecule has 4 heteroatoms. The van der Waals surface area contributed by atoms with Crippen molar-refractivity contribution in [1.29, 1.82) is 0 Å². The zero-order chi connectivity index (χ0) is 16.9. The number of halogens is 4. The molecule has 0 aliphatic heterocycles. The van der Waals surface area contributed by atoms with Gasteiger partial charge in [0.05, 0.1) is 5.56 Å². The summed E-state index contributed by atoms with van der Waals surface area (Å²) in [7, 11) is 0. The molecule has 1 aliphatic rings. The molecule has 0 radical (unpaired) electrons. The summed E-state index contributed by atoms with van der Waals surface area (Å²) in [5.41, 5.74) is -0.496. The third-order valence-corrected chi connectivity index (χ3v) is 4.41. The SMILES string of the molecule is CCC=CC=CC1CCC(c2ccc(C(F)(F)F)c(F)c2)CC1. The zero-order valence-electron chi connectivity index (χ0n) is 13.2. The van der Waals surface area contributed by atoms with Crippen molar-refractivity contribution in [2.24, 2.45) is 5.92 Å². The lowest BCUT2D eigenvalue weighted by molar-refractivity contribution is -0.140. The molecule has 2 rings (SSSR count). The predicted octanol–water partition coefficient (Wildman–Crippen LogP) is 6.64. The largest absolute Gasteiger partial charge is 0.419 e. The Balaban J connectivity index is 1.96. The van der Waals surface area contributed by atoms with Gasteiger partial charge in [-0.25, -0.2) is 4.39 Å². The Morgan fingerprint density at radius 3 is 2.35 bits per heavy atom. The van der Waals surface area contributed by atoms with Crippen molar-refractivity contribution in [3.63, 3.8) is 0 Å². The molecule has 0 unspecified atom stereocenters. The van der Waals surface area contributed by atoms with Gasteiger partial charge in [-0.05, 0) is 61.6 Å². The molecule has 1 aromatic rings. The first-order valence-electron chi connectivity index (χ1n) is 8.11. The molecule has 0 nitrogen and oxygen atoms in total. The van der Waals surface area contributed by atoms with Crippen LogP contribution in [0, 0.1) is 11.7 Å². The molecule has 1 aromatic carbocycles. The van der Waals surface area contributed by atoms with Gasteiger partial charge in [0, 0.05) is 0 Å². The van der Waals surface area contributed by atoms with Gasteiger partial charge in [0.25, 0.3) is 0 Å². The molecule has 1 aliphatic carbocycles. The highest BCUT2D eigenvalue weighted by atomic mass is 19.4. The minimum atomic E-state index is -4.63. The minimum absolute atomic E-state index is 0.155. The number of benzene rings is 1. The molecule has 0 bridgehead atoms. The van der Waals surface area contributed by atoms with Gasteiger partial charge in [-0.1, -0.05) is 37.3 Å². The maximum absolute atomic E-state index is 13.7. The van der Waals surface area contributed by atoms with Crippen LogP contribution in [-0.4, -0.2) is 0 Å². The number of alkyl halides is 3. The smallest absolute Gasteiger partial charge is 0.206 e. The van der Waals surface area contributed by atoms with Crippen LogP contribution in [0.2, 0.25) is 0 Å². The van der Waals surface area contributed by atoms with Crippen molar-refractivity contribution >= 4 is 0 Å². The molecule has 0 saturated heterocycles. The van der Waals surface area contributed by atoms with Crippen LogP contribution in [0.4, 0.5) is 17.6 Å². The topological polar surface area (TPSA) is 0 Å². The molecule has 0 aromatic heterocycles. The Morgan fingerprint density at radius 1 is 1.09 bits per heavy atom. The standard InChI is InChI=1S/C19H22F4/c1-2-3-4-5-6-14-7-9-15(10-8-14)16-11-12-17(18(20)13-16)19(21,22)23/h3-6,11-15H,2,7-10H2,1H3. The van der Waals surface area contributed by atoms with Gasteiger partial charge in [-0.2, -0.15) is 13.2 Å². The van der Waals surface area contributed by atoms with E-state index in [0.717, 1.165) is 44.2 Å². The van der Waals surface area contributed by atoms with Crippen LogP contribution < -0.4 is 0 Å². The van der Waals surface area contributed by atoms with Crippen LogP contribution >= 0.6 is 0 Å². The summed E-state index contributed by atoms with van der Waals surface area (Å²) in [5, 5.41) is 0. The summed E-state index contributed by atoms with van der Waals surface area (Å²) < 4.78 is 51.5. The van der Waals surface area contributed by atoms with E-state index in [0.29, 0.717) is 11.5 Å². The fourth-order valence-corrected chi connectivity index (χ4v) is 3.10. The summed E-state index contributed by atoms with van der Waals surface area (Å²) in [6, 6.07) is 3.36. The molecule has 0 heterocycles. The second-order valence-electron chi connectivity index (χ2n) is 6.07. The molecular weight excluding hydrogens is 304 g/mol. The van der Waals surface area contributed by atoms with Crippen molar-refractivity contribution in [3.05, 3.63) is 59.4 Å². The fraction of sp³-hybridized carbons (Fsp3) is 0.474. The highest BCUT2D eigenvalue weighted by molar-refractivity contribution is 5.29. The highest BCUT2D eigenvalue weighted by Gasteiger charge is 2.34. The Kier molecular flexibility index (Phi) is 6.03. The molecule has 1 saturated carbocycles. The van der Waals surface area contributed by atoms with Crippen molar-refractivity contribution in [2.45, 2.75) is 51.1 Å². The summed E-state index contributed by atoms with van der Waals surface area (Å²) >= 11 is 0. The van der Waals surface area contributed by atoms with Crippen molar-refractivity contribution in [3.8, 4) is 0 Å². The van der Waals surface area contributed by atoms with Crippen LogP contribution in [0.5, 0.6) is 0 Å². The van der Waals surface area contributed by atoms with Crippen molar-refractivity contribution in [2.75, 3.05) is 0 Å². The van der Waals surface area contributed by atoms with E-state index in [9.17, 15) is 17.6 Å². The lowest BCUT2D eigenvalue weighted by Gasteiger charge is -2.27. The Labute approximate surface area is 134 Å². The normalized spacial score (nSPS) is 23.0. The Morgan fingerprint density at radius 2 is 1.78 bits per heavy atom. The molecule has 0 amide bonds. The first-order valence-corrected chi connectivity index (χ1v) is 8.11. The minimum Gasteiger partial charge on any atom is -0.206 e. The lowest BCUT2D eigenvalue weighted by Crippen LogP contribution is -2.13. The molecule has 0 N–H and O–H groups in total. The van der Waals surface area contributed by atoms with Crippen molar-refractivity contribution in [1.82, 2.24) is 0 Å². The monoisotopic (exact) mass is 326 g/mol. The number of rotatable bonds is 4. The number of allylic oxidation sites excluding steroid dienone is 4. The van der Waals surface area contributed by atoms with Crippen LogP contribution in [-0.2, 0) is 6.18 Å². The van der Waals surface area contributed by atoms with Crippen LogP contribution in [0.3, 0.4) is 0 Å². The predicted molar refractivity (Wildman–Crippen MR) is 84.7 cm³/mol. The summed E-state index contributed by atoms with van der Waals surface area (Å²) in [6.07, 6.45) is 8.52. The van der Waals surface area contributed by atoms with E-state index in [-0.39, 0.29) is 5.92 Å². The van der Waals surface area contributed by atoms with Gasteiger partial charge in [-0.15, -0.1) is 0 Å². The van der Waals surface area contributed by atoms with E-state index in [4.69, 9.17) is 0 Å². The maximum atomic E-state index is 13.7. The van der Waals surface area contributed by atoms with Gasteiger partial charge in [0.1, 0.15) is 5.82 Å². The average molecular weight is 326 g/mol. The van der Waals surface area contributed by atoms with Crippen molar-refractivity contribution < 1.29 is 17.6 Å². The maximum Gasteiger partial charge on any atom is 0.419 e. The second kappa shape index (κ2) is 7.80. The molecule has 126 valence electrons. The molecular formula is C19H22F4. The summed E-state index contributed by atoms with van der Waals surface area (Å²) in [6.45, 7) is 2.08. The second-order valence-corrected chi connectivity index (χ2v) is 6.07. The highest BCUT2D eigenvalue weighted by Crippen LogP contribution is 2.38. The van der Waals surface area contributed by atoms with E-state index >= 15 is 0 Å². The number of hydrogen-bond donors (Lipinski definition) is 0. The van der Waals surface area contributed by atoms with Gasteiger partial charge in [0.2, 0.25) is 0 Å². The van der Waals surface area contributed by atoms with Crippen LogP contribution in [0.25, 0.3) is 0 Å². The lowest BCUT2D eigenvalue weighted by atomic mass is 9.78. The number of hydrogen-bond acceptors (Lipinski definition) is 0. The van der Waals surface area contributed by atoms with Gasteiger partial charge < -0.3 is 0 Å². The zero-order valence-corrected chi connectivity index (χ0v) is 13.2. The Hall–Kier alpha value is -1.58. The van der Waals surface area contributed by atoms with E-state index in [1.165, 1.54) is 6.07 Å². The fourth-order valence-electron chi connectivity index (χ4n) is 3.10. The summed E-state index contributed by atoms with van der Waals surface area (Å²) in [4.78, 5) is 0. The van der Waals surface area contributed by atoms with E-state index < -0.39 is 17.6 Å². The van der Waals surface area contributed by atoms with Gasteiger partial charge >= 0.3 is 6.18 Å². The third kappa shape index (κ3) is 4.95. The Bertz CT molecular complexity index is 561. The quantitative estimate of drug-likeness (QED) is 0.430. The molecule has 0 atom stereocenters. The van der Waals surface area contributed by atoms with Crippen LogP contribution in [0.1, 0.15) is 56.1 Å². The van der Waals surface area contributed by atoms with Crippen LogP contribution in [0.15, 0.2) is 42.5 Å². The molecule has 23 heavy (non-hydrogen) atoms.